The number of rotatable bonds is 6. The Bertz CT molecular complexity index is 1190. The van der Waals surface area contributed by atoms with Crippen LogP contribution in [-0.4, -0.2) is 30.2 Å². The number of nitrogens with zero attached hydrogens (tertiary/aromatic N) is 5. The fourth-order valence-electron chi connectivity index (χ4n) is 2.75. The van der Waals surface area contributed by atoms with Crippen LogP contribution in [0.4, 0.5) is 11.6 Å². The molecule has 28 heavy (non-hydrogen) atoms. The van der Waals surface area contributed by atoms with Gasteiger partial charge in [0.2, 0.25) is 5.95 Å². The maximum absolute atomic E-state index is 12.3. The number of benzene rings is 1. The maximum atomic E-state index is 12.3. The number of H-pyrrole nitrogens is 1. The molecule has 0 radical (unpaired) electrons. The first-order valence-corrected chi connectivity index (χ1v) is 8.51. The minimum absolute atomic E-state index is 0.0440. The van der Waals surface area contributed by atoms with E-state index >= 15 is 0 Å². The highest BCUT2D eigenvalue weighted by molar-refractivity contribution is 5.81. The Hall–Kier alpha value is -3.76. The van der Waals surface area contributed by atoms with Crippen LogP contribution in [0.1, 0.15) is 19.4 Å². The Morgan fingerprint density at radius 2 is 2.14 bits per heavy atom. The molecule has 0 amide bonds. The van der Waals surface area contributed by atoms with Gasteiger partial charge < -0.3 is 4.57 Å². The Balaban J connectivity index is 2.00. The molecular formula is C17H19N7O4. The molecule has 3 rings (SSSR count). The summed E-state index contributed by atoms with van der Waals surface area (Å²) in [7, 11) is 1.52. The standard InChI is InChI=1S/C17H19N7O4/c1-10(2)9-23-13-14(22(3)17(26)20-15(13)25)19-16(23)21-18-8-11-5-4-6-12(7-11)24(27)28/h4-8,10H,9H2,1-3H3,(H,19,21)(H,20,25,26)/b18-8-. The van der Waals surface area contributed by atoms with Gasteiger partial charge in [-0.05, 0) is 5.92 Å². The van der Waals surface area contributed by atoms with Gasteiger partial charge >= 0.3 is 5.69 Å². The van der Waals surface area contributed by atoms with Crippen molar-refractivity contribution in [2.45, 2.75) is 20.4 Å². The second-order valence-corrected chi connectivity index (χ2v) is 6.65. The van der Waals surface area contributed by atoms with Gasteiger partial charge in [0.25, 0.3) is 11.2 Å². The zero-order valence-electron chi connectivity index (χ0n) is 15.5. The first kappa shape index (κ1) is 19.0. The smallest absolute Gasteiger partial charge is 0.303 e. The lowest BCUT2D eigenvalue weighted by atomic mass is 10.2. The van der Waals surface area contributed by atoms with Gasteiger partial charge in [-0.15, -0.1) is 0 Å². The zero-order valence-corrected chi connectivity index (χ0v) is 15.5. The van der Waals surface area contributed by atoms with Crippen LogP contribution in [0.15, 0.2) is 39.0 Å². The lowest BCUT2D eigenvalue weighted by Gasteiger charge is -2.10. The third-order valence-corrected chi connectivity index (χ3v) is 4.01. The molecule has 0 fully saturated rings. The molecule has 11 heteroatoms. The van der Waals surface area contributed by atoms with Crippen molar-refractivity contribution in [2.75, 3.05) is 5.43 Å². The van der Waals surface area contributed by atoms with E-state index in [0.29, 0.717) is 12.1 Å². The zero-order chi connectivity index (χ0) is 20.4. The predicted octanol–water partition coefficient (Wildman–Crippen LogP) is 1.43. The number of anilines is 1. The summed E-state index contributed by atoms with van der Waals surface area (Å²) >= 11 is 0. The number of nitro benzene ring substituents is 1. The minimum atomic E-state index is -0.557. The van der Waals surface area contributed by atoms with Crippen LogP contribution < -0.4 is 16.7 Å². The molecule has 0 atom stereocenters. The van der Waals surface area contributed by atoms with Crippen molar-refractivity contribution in [3.05, 3.63) is 60.8 Å². The highest BCUT2D eigenvalue weighted by Gasteiger charge is 2.17. The highest BCUT2D eigenvalue weighted by atomic mass is 16.6. The summed E-state index contributed by atoms with van der Waals surface area (Å²) < 4.78 is 2.91. The molecule has 0 aliphatic heterocycles. The van der Waals surface area contributed by atoms with E-state index in [2.05, 4.69) is 20.5 Å². The number of hydrogen-bond donors (Lipinski definition) is 2. The van der Waals surface area contributed by atoms with Gasteiger partial charge in [-0.1, -0.05) is 26.0 Å². The van der Waals surface area contributed by atoms with Crippen molar-refractivity contribution < 1.29 is 4.92 Å². The topological polar surface area (TPSA) is 140 Å². The van der Waals surface area contributed by atoms with Crippen LogP contribution in [-0.2, 0) is 13.6 Å². The molecule has 0 spiro atoms. The number of aromatic nitrogens is 4. The highest BCUT2D eigenvalue weighted by Crippen LogP contribution is 2.17. The number of aromatic amines is 1. The second-order valence-electron chi connectivity index (χ2n) is 6.65. The summed E-state index contributed by atoms with van der Waals surface area (Å²) in [5, 5.41) is 14.9. The van der Waals surface area contributed by atoms with Gasteiger partial charge in [0.1, 0.15) is 0 Å². The molecule has 2 N–H and O–H groups in total. The van der Waals surface area contributed by atoms with E-state index in [-0.39, 0.29) is 28.7 Å². The Labute approximate surface area is 158 Å². The van der Waals surface area contributed by atoms with E-state index in [4.69, 9.17) is 0 Å². The van der Waals surface area contributed by atoms with Crippen LogP contribution in [0, 0.1) is 16.0 Å². The van der Waals surface area contributed by atoms with Crippen molar-refractivity contribution in [3.8, 4) is 0 Å². The van der Waals surface area contributed by atoms with Crippen molar-refractivity contribution in [1.82, 2.24) is 19.1 Å². The lowest BCUT2D eigenvalue weighted by Crippen LogP contribution is -2.29. The lowest BCUT2D eigenvalue weighted by molar-refractivity contribution is -0.384. The Kier molecular flexibility index (Phi) is 5.07. The van der Waals surface area contributed by atoms with Gasteiger partial charge in [-0.25, -0.2) is 10.2 Å². The van der Waals surface area contributed by atoms with Crippen LogP contribution in [0.25, 0.3) is 11.2 Å². The summed E-state index contributed by atoms with van der Waals surface area (Å²) in [4.78, 5) is 41.1. The normalized spacial score (nSPS) is 11.6. The molecule has 0 bridgehead atoms. The van der Waals surface area contributed by atoms with E-state index in [1.807, 2.05) is 13.8 Å². The third-order valence-electron chi connectivity index (χ3n) is 4.01. The summed E-state index contributed by atoms with van der Waals surface area (Å²) in [6.45, 7) is 4.45. The molecular weight excluding hydrogens is 366 g/mol. The van der Waals surface area contributed by atoms with E-state index in [0.717, 1.165) is 0 Å². The van der Waals surface area contributed by atoms with Gasteiger partial charge in [0.05, 0.1) is 11.1 Å². The molecule has 146 valence electrons. The van der Waals surface area contributed by atoms with Gasteiger partial charge in [0.15, 0.2) is 11.2 Å². The fraction of sp³-hybridized carbons (Fsp3) is 0.294. The van der Waals surface area contributed by atoms with E-state index in [1.54, 1.807) is 16.7 Å². The van der Waals surface area contributed by atoms with Crippen LogP contribution in [0.2, 0.25) is 0 Å². The summed E-state index contributed by atoms with van der Waals surface area (Å²) in [5.41, 5.74) is 2.67. The quantitative estimate of drug-likeness (QED) is 0.374. The SMILES string of the molecule is CC(C)Cn1c(N/N=C\c2cccc([N+](=O)[O-])c2)nc2c1c(=O)[nH]c(=O)n2C. The third kappa shape index (κ3) is 3.68. The minimum Gasteiger partial charge on any atom is -0.303 e. The maximum Gasteiger partial charge on any atom is 0.329 e. The van der Waals surface area contributed by atoms with Gasteiger partial charge in [-0.3, -0.25) is 24.5 Å². The predicted molar refractivity (Wildman–Crippen MR) is 105 cm³/mol. The van der Waals surface area contributed by atoms with Crippen molar-refractivity contribution in [2.24, 2.45) is 18.1 Å². The van der Waals surface area contributed by atoms with Gasteiger partial charge in [0, 0.05) is 31.3 Å². The fourth-order valence-corrected chi connectivity index (χ4v) is 2.75. The Morgan fingerprint density at radius 1 is 1.39 bits per heavy atom. The number of aryl methyl sites for hydroxylation is 1. The first-order chi connectivity index (χ1) is 13.3. The van der Waals surface area contributed by atoms with E-state index < -0.39 is 16.2 Å². The summed E-state index contributed by atoms with van der Waals surface area (Å²) in [5.74, 6) is 0.493. The molecule has 0 saturated carbocycles. The van der Waals surface area contributed by atoms with Crippen molar-refractivity contribution in [1.29, 1.82) is 0 Å². The number of nitro groups is 1. The number of hydrogen-bond acceptors (Lipinski definition) is 7. The van der Waals surface area contributed by atoms with Crippen LogP contribution in [0.3, 0.4) is 0 Å². The average molecular weight is 385 g/mol. The van der Waals surface area contributed by atoms with Crippen molar-refractivity contribution >= 4 is 29.0 Å². The molecule has 0 saturated heterocycles. The Morgan fingerprint density at radius 3 is 2.82 bits per heavy atom. The van der Waals surface area contributed by atoms with Crippen molar-refractivity contribution in [3.63, 3.8) is 0 Å². The molecule has 3 aromatic rings. The molecule has 1 aromatic carbocycles. The molecule has 0 aliphatic carbocycles. The molecule has 0 aliphatic rings. The number of fused-ring (bicyclic) bond motifs is 1. The average Bonchev–Trinajstić information content (AvgIpc) is 2.98. The monoisotopic (exact) mass is 385 g/mol. The van der Waals surface area contributed by atoms with E-state index in [1.165, 1.54) is 30.0 Å². The van der Waals surface area contributed by atoms with Gasteiger partial charge in [-0.2, -0.15) is 10.1 Å². The summed E-state index contributed by atoms with van der Waals surface area (Å²) in [6, 6.07) is 6.00. The summed E-state index contributed by atoms with van der Waals surface area (Å²) in [6.07, 6.45) is 1.41. The largest absolute Gasteiger partial charge is 0.329 e. The number of hydrazone groups is 1. The van der Waals surface area contributed by atoms with E-state index in [9.17, 15) is 19.7 Å². The van der Waals surface area contributed by atoms with Crippen LogP contribution >= 0.6 is 0 Å². The van der Waals surface area contributed by atoms with Crippen LogP contribution in [0.5, 0.6) is 0 Å². The first-order valence-electron chi connectivity index (χ1n) is 8.51. The second kappa shape index (κ2) is 7.47. The molecule has 11 nitrogen and oxygen atoms in total. The number of imidazole rings is 1. The molecule has 2 heterocycles. The molecule has 2 aromatic heterocycles. The number of non-ortho nitro benzene ring substituents is 1. The molecule has 0 unspecified atom stereocenters. The number of nitrogens with one attached hydrogen (secondary N) is 2.